The molecule has 2 N–H and O–H groups in total. The lowest BCUT2D eigenvalue weighted by Crippen LogP contribution is -2.30. The summed E-state index contributed by atoms with van der Waals surface area (Å²) >= 11 is 7.84. The lowest BCUT2D eigenvalue weighted by atomic mass is 10.2. The fourth-order valence-corrected chi connectivity index (χ4v) is 4.42. The molecule has 0 bridgehead atoms. The maximum Gasteiger partial charge on any atom is 0.316 e. The summed E-state index contributed by atoms with van der Waals surface area (Å²) in [5, 5.41) is 0.237. The van der Waals surface area contributed by atoms with Crippen molar-refractivity contribution >= 4 is 39.4 Å². The van der Waals surface area contributed by atoms with Crippen LogP contribution in [0.25, 0.3) is 0 Å². The van der Waals surface area contributed by atoms with E-state index >= 15 is 0 Å². The van der Waals surface area contributed by atoms with Gasteiger partial charge in [-0.1, -0.05) is 41.9 Å². The summed E-state index contributed by atoms with van der Waals surface area (Å²) in [7, 11) is -2.59. The van der Waals surface area contributed by atoms with E-state index in [-0.39, 0.29) is 54.0 Å². The molecule has 0 amide bonds. The van der Waals surface area contributed by atoms with Gasteiger partial charge in [0, 0.05) is 29.9 Å². The van der Waals surface area contributed by atoms with E-state index in [2.05, 4.69) is 29.4 Å². The van der Waals surface area contributed by atoms with Gasteiger partial charge in [0.25, 0.3) is 5.88 Å². The highest BCUT2D eigenvalue weighted by Gasteiger charge is 2.22. The van der Waals surface area contributed by atoms with Gasteiger partial charge in [0.1, 0.15) is 31.0 Å². The minimum Gasteiger partial charge on any atom is -0.497 e. The van der Waals surface area contributed by atoms with Gasteiger partial charge < -0.3 is 18.9 Å². The van der Waals surface area contributed by atoms with E-state index in [1.165, 1.54) is 24.9 Å². The second-order valence-corrected chi connectivity index (χ2v) is 10.6. The van der Waals surface area contributed by atoms with Crippen molar-refractivity contribution in [3.8, 4) is 29.1 Å². The molecular formula is C25H25ClN6O6S2. The SMILES string of the molecule is COc1ccc(Cl)c(Oc2c(NS(=O)(=O)NCc3ccccc3)ncnc2OCCOc2ncc(SC)cn2)c1. The van der Waals surface area contributed by atoms with Crippen LogP contribution in [-0.4, -0.2) is 54.9 Å². The molecule has 210 valence electrons. The number of hydrogen-bond acceptors (Lipinski definition) is 11. The van der Waals surface area contributed by atoms with Gasteiger partial charge in [-0.2, -0.15) is 18.1 Å². The zero-order valence-electron chi connectivity index (χ0n) is 21.4. The monoisotopic (exact) mass is 604 g/mol. The van der Waals surface area contributed by atoms with E-state index in [4.69, 9.17) is 30.5 Å². The minimum absolute atomic E-state index is 0.00526. The van der Waals surface area contributed by atoms with Crippen LogP contribution in [0.3, 0.4) is 0 Å². The van der Waals surface area contributed by atoms with E-state index in [1.54, 1.807) is 36.7 Å². The molecule has 0 aliphatic heterocycles. The number of ether oxygens (including phenoxy) is 4. The van der Waals surface area contributed by atoms with Crippen molar-refractivity contribution in [2.24, 2.45) is 0 Å². The number of nitrogens with one attached hydrogen (secondary N) is 2. The zero-order chi connectivity index (χ0) is 28.4. The molecule has 0 saturated heterocycles. The molecule has 0 spiro atoms. The molecule has 0 radical (unpaired) electrons. The highest BCUT2D eigenvalue weighted by atomic mass is 35.5. The Balaban J connectivity index is 1.53. The molecule has 0 aliphatic rings. The first kappa shape index (κ1) is 29.1. The molecule has 0 saturated carbocycles. The maximum absolute atomic E-state index is 12.9. The highest BCUT2D eigenvalue weighted by molar-refractivity contribution is 7.98. The van der Waals surface area contributed by atoms with Crippen LogP contribution in [0.15, 0.2) is 72.1 Å². The number of methoxy groups -OCH3 is 1. The Morgan fingerprint density at radius 1 is 0.975 bits per heavy atom. The Hall–Kier alpha value is -3.85. The number of rotatable bonds is 14. The lowest BCUT2D eigenvalue weighted by molar-refractivity contribution is 0.197. The third kappa shape index (κ3) is 8.32. The van der Waals surface area contributed by atoms with Crippen molar-refractivity contribution in [2.75, 3.05) is 31.3 Å². The topological polar surface area (TPSA) is 147 Å². The van der Waals surface area contributed by atoms with Crippen LogP contribution in [0, 0.1) is 0 Å². The van der Waals surface area contributed by atoms with Crippen LogP contribution in [0.1, 0.15) is 5.56 Å². The van der Waals surface area contributed by atoms with Crippen molar-refractivity contribution in [1.82, 2.24) is 24.7 Å². The Labute approximate surface area is 240 Å². The summed E-state index contributed by atoms with van der Waals surface area (Å²) in [4.78, 5) is 17.3. The number of anilines is 1. The second-order valence-electron chi connectivity index (χ2n) is 7.77. The smallest absolute Gasteiger partial charge is 0.316 e. The van der Waals surface area contributed by atoms with Crippen molar-refractivity contribution in [3.63, 3.8) is 0 Å². The molecule has 12 nitrogen and oxygen atoms in total. The number of nitrogens with zero attached hydrogens (tertiary/aromatic N) is 4. The Kier molecular flexibility index (Phi) is 10.2. The van der Waals surface area contributed by atoms with Crippen LogP contribution >= 0.6 is 23.4 Å². The molecule has 0 atom stereocenters. The summed E-state index contributed by atoms with van der Waals surface area (Å²) in [6.07, 6.45) is 6.34. The zero-order valence-corrected chi connectivity index (χ0v) is 23.8. The van der Waals surface area contributed by atoms with Crippen LogP contribution in [-0.2, 0) is 16.8 Å². The quantitative estimate of drug-likeness (QED) is 0.156. The molecule has 15 heteroatoms. The normalized spacial score (nSPS) is 11.1. The molecular weight excluding hydrogens is 580 g/mol. The van der Waals surface area contributed by atoms with Gasteiger partial charge in [-0.25, -0.2) is 15.0 Å². The Bertz CT molecular complexity index is 1510. The number of halogens is 1. The molecule has 40 heavy (non-hydrogen) atoms. The van der Waals surface area contributed by atoms with E-state index in [0.717, 1.165) is 16.8 Å². The fraction of sp³-hybridized carbons (Fsp3) is 0.200. The van der Waals surface area contributed by atoms with Crippen molar-refractivity contribution in [2.45, 2.75) is 11.4 Å². The van der Waals surface area contributed by atoms with Crippen LogP contribution in [0.5, 0.6) is 29.1 Å². The number of benzene rings is 2. The first-order valence-corrected chi connectivity index (χ1v) is 14.7. The van der Waals surface area contributed by atoms with Crippen molar-refractivity contribution in [1.29, 1.82) is 0 Å². The van der Waals surface area contributed by atoms with Gasteiger partial charge >= 0.3 is 16.2 Å². The number of thioether (sulfide) groups is 1. The summed E-state index contributed by atoms with van der Waals surface area (Å²) in [6.45, 7) is 0.132. The Morgan fingerprint density at radius 2 is 1.73 bits per heavy atom. The molecule has 0 fully saturated rings. The van der Waals surface area contributed by atoms with Crippen molar-refractivity contribution in [3.05, 3.63) is 77.8 Å². The first-order chi connectivity index (χ1) is 19.4. The van der Waals surface area contributed by atoms with E-state index in [0.29, 0.717) is 5.75 Å². The van der Waals surface area contributed by atoms with Gasteiger partial charge in [0.2, 0.25) is 5.75 Å². The fourth-order valence-electron chi connectivity index (χ4n) is 3.12. The molecule has 0 aliphatic carbocycles. The molecule has 2 heterocycles. The second kappa shape index (κ2) is 14.0. The summed E-state index contributed by atoms with van der Waals surface area (Å²) in [6, 6.07) is 14.0. The van der Waals surface area contributed by atoms with Crippen LogP contribution in [0.2, 0.25) is 5.02 Å². The molecule has 0 unspecified atom stereocenters. The van der Waals surface area contributed by atoms with Crippen LogP contribution < -0.4 is 28.4 Å². The number of aromatic nitrogens is 4. The Morgan fingerprint density at radius 3 is 2.45 bits per heavy atom. The lowest BCUT2D eigenvalue weighted by Gasteiger charge is -2.17. The molecule has 4 rings (SSSR count). The van der Waals surface area contributed by atoms with Gasteiger partial charge in [-0.05, 0) is 24.0 Å². The van der Waals surface area contributed by atoms with Gasteiger partial charge in [-0.3, -0.25) is 4.72 Å². The average molecular weight is 605 g/mol. The molecule has 2 aromatic carbocycles. The van der Waals surface area contributed by atoms with Gasteiger partial charge in [0.15, 0.2) is 5.82 Å². The maximum atomic E-state index is 12.9. The van der Waals surface area contributed by atoms with Crippen LogP contribution in [0.4, 0.5) is 5.82 Å². The third-order valence-corrected chi connectivity index (χ3v) is 7.04. The third-order valence-electron chi connectivity index (χ3n) is 5.06. The highest BCUT2D eigenvalue weighted by Crippen LogP contribution is 2.40. The number of hydrogen-bond donors (Lipinski definition) is 2. The van der Waals surface area contributed by atoms with E-state index in [9.17, 15) is 8.42 Å². The van der Waals surface area contributed by atoms with Gasteiger partial charge in [0.05, 0.1) is 12.1 Å². The molecule has 2 aromatic heterocycles. The predicted molar refractivity (Wildman–Crippen MR) is 151 cm³/mol. The summed E-state index contributed by atoms with van der Waals surface area (Å²) in [5.74, 6) is 0.268. The standard InChI is InChI=1S/C25H25ClN6O6S2/c1-35-18-8-9-20(26)21(12-18)38-22-23(32-40(33,34)31-13-17-6-4-3-5-7-17)29-16-30-24(22)36-10-11-37-25-27-14-19(39-2)15-28-25/h3-9,12,14-16,31H,10-11,13H2,1-2H3,(H,29,30,32). The first-order valence-electron chi connectivity index (χ1n) is 11.7. The van der Waals surface area contributed by atoms with E-state index in [1.807, 2.05) is 24.5 Å². The minimum atomic E-state index is -4.08. The van der Waals surface area contributed by atoms with Gasteiger partial charge in [-0.15, -0.1) is 11.8 Å². The van der Waals surface area contributed by atoms with E-state index < -0.39 is 10.2 Å². The summed E-state index contributed by atoms with van der Waals surface area (Å²) < 4.78 is 53.1. The molecule has 4 aromatic rings. The summed E-state index contributed by atoms with van der Waals surface area (Å²) in [5.41, 5.74) is 0.770. The average Bonchev–Trinajstić information content (AvgIpc) is 2.97. The predicted octanol–water partition coefficient (Wildman–Crippen LogP) is 4.35. The largest absolute Gasteiger partial charge is 0.497 e. The van der Waals surface area contributed by atoms with Crippen molar-refractivity contribution < 1.29 is 27.4 Å².